The molecule has 0 bridgehead atoms. The Morgan fingerprint density at radius 1 is 1.07 bits per heavy atom. The van der Waals surface area contributed by atoms with Gasteiger partial charge in [-0.3, -0.25) is 4.40 Å². The van der Waals surface area contributed by atoms with Gasteiger partial charge in [0.25, 0.3) is 0 Å². The predicted molar refractivity (Wildman–Crippen MR) is 60.0 cm³/mol. The number of rotatable bonds is 0. The summed E-state index contributed by atoms with van der Waals surface area (Å²) in [4.78, 5) is 9.01. The maximum Gasteiger partial charge on any atom is 0.164 e. The summed E-state index contributed by atoms with van der Waals surface area (Å²) in [5.41, 5.74) is 5.08. The summed E-state index contributed by atoms with van der Waals surface area (Å²) >= 11 is 0. The number of hydrogen-bond acceptors (Lipinski definition) is 2. The van der Waals surface area contributed by atoms with Crippen LogP contribution in [0, 0.1) is 13.8 Å². The third-order valence-corrected chi connectivity index (χ3v) is 2.55. The Hall–Kier alpha value is -1.90. The molecular weight excluding hydrogens is 186 g/mol. The van der Waals surface area contributed by atoms with Crippen molar-refractivity contribution in [2.24, 2.45) is 0 Å². The monoisotopic (exact) mass is 197 g/mol. The summed E-state index contributed by atoms with van der Waals surface area (Å²) in [5.74, 6) is 0. The Morgan fingerprint density at radius 3 is 2.80 bits per heavy atom. The van der Waals surface area contributed by atoms with Gasteiger partial charge in [0.15, 0.2) is 5.65 Å². The van der Waals surface area contributed by atoms with E-state index >= 15 is 0 Å². The Labute approximate surface area is 87.4 Å². The van der Waals surface area contributed by atoms with Gasteiger partial charge in [0.05, 0.1) is 0 Å². The second-order valence-electron chi connectivity index (χ2n) is 3.84. The number of nitrogens with zero attached hydrogens (tertiary/aromatic N) is 3. The van der Waals surface area contributed by atoms with Crippen molar-refractivity contribution in [3.63, 3.8) is 0 Å². The molecule has 0 N–H and O–H groups in total. The molecule has 0 saturated carbocycles. The van der Waals surface area contributed by atoms with Crippen molar-refractivity contribution < 1.29 is 0 Å². The minimum atomic E-state index is 0.935. The summed E-state index contributed by atoms with van der Waals surface area (Å²) in [5, 5.41) is 0. The van der Waals surface area contributed by atoms with Gasteiger partial charge in [-0.1, -0.05) is 0 Å². The molecule has 0 spiro atoms. The van der Waals surface area contributed by atoms with Crippen molar-refractivity contribution >= 4 is 16.8 Å². The number of imidazole rings is 1. The Bertz CT molecular complexity index is 652. The molecule has 3 heteroatoms. The second kappa shape index (κ2) is 2.79. The van der Waals surface area contributed by atoms with Gasteiger partial charge in [0, 0.05) is 11.9 Å². The molecule has 0 atom stereocenters. The van der Waals surface area contributed by atoms with Crippen LogP contribution in [-0.4, -0.2) is 14.4 Å². The molecule has 0 unspecified atom stereocenters. The number of fused-ring (bicyclic) bond motifs is 3. The fourth-order valence-electron chi connectivity index (χ4n) is 1.78. The standard InChI is InChI=1S/C12H11N3/c1-8-5-6-15-11(7-8)14-10-4-3-9(2)13-12(10)15/h3-7H,1-2H3. The molecule has 0 aliphatic heterocycles. The van der Waals surface area contributed by atoms with Gasteiger partial charge in [-0.2, -0.15) is 0 Å². The number of aryl methyl sites for hydroxylation is 2. The lowest BCUT2D eigenvalue weighted by atomic mass is 10.3. The Balaban J connectivity index is 2.53. The van der Waals surface area contributed by atoms with Crippen LogP contribution in [0.5, 0.6) is 0 Å². The molecule has 0 amide bonds. The number of aromatic nitrogens is 3. The molecule has 0 fully saturated rings. The van der Waals surface area contributed by atoms with E-state index in [1.807, 2.05) is 29.7 Å². The van der Waals surface area contributed by atoms with Crippen LogP contribution in [0.3, 0.4) is 0 Å². The molecule has 15 heavy (non-hydrogen) atoms. The first-order valence-electron chi connectivity index (χ1n) is 4.96. The predicted octanol–water partition coefficient (Wildman–Crippen LogP) is 2.50. The molecular formula is C12H11N3. The molecule has 74 valence electrons. The minimum Gasteiger partial charge on any atom is -0.284 e. The van der Waals surface area contributed by atoms with Crippen LogP contribution in [0.15, 0.2) is 30.5 Å². The van der Waals surface area contributed by atoms with Crippen LogP contribution in [0.4, 0.5) is 0 Å². The van der Waals surface area contributed by atoms with E-state index in [4.69, 9.17) is 0 Å². The van der Waals surface area contributed by atoms with Gasteiger partial charge in [0.2, 0.25) is 0 Å². The molecule has 0 aliphatic rings. The van der Waals surface area contributed by atoms with E-state index in [1.165, 1.54) is 5.56 Å². The maximum atomic E-state index is 4.52. The summed E-state index contributed by atoms with van der Waals surface area (Å²) in [7, 11) is 0. The van der Waals surface area contributed by atoms with Gasteiger partial charge in [-0.15, -0.1) is 0 Å². The van der Waals surface area contributed by atoms with Crippen LogP contribution in [0.25, 0.3) is 16.8 Å². The highest BCUT2D eigenvalue weighted by Crippen LogP contribution is 2.15. The van der Waals surface area contributed by atoms with Crippen molar-refractivity contribution in [3.05, 3.63) is 41.7 Å². The Morgan fingerprint density at radius 2 is 1.93 bits per heavy atom. The SMILES string of the molecule is Cc1ccn2c(c1)nc1ccc(C)nc12. The quantitative estimate of drug-likeness (QED) is 0.554. The summed E-state index contributed by atoms with van der Waals surface area (Å²) in [6.07, 6.45) is 2.02. The van der Waals surface area contributed by atoms with Crippen molar-refractivity contribution in [3.8, 4) is 0 Å². The smallest absolute Gasteiger partial charge is 0.164 e. The first-order chi connectivity index (χ1) is 7.24. The first kappa shape index (κ1) is 8.41. The van der Waals surface area contributed by atoms with Gasteiger partial charge >= 0.3 is 0 Å². The zero-order valence-corrected chi connectivity index (χ0v) is 8.73. The topological polar surface area (TPSA) is 30.2 Å². The summed E-state index contributed by atoms with van der Waals surface area (Å²) < 4.78 is 2.02. The first-order valence-corrected chi connectivity index (χ1v) is 4.96. The van der Waals surface area contributed by atoms with Crippen LogP contribution in [0.2, 0.25) is 0 Å². The normalized spacial score (nSPS) is 11.3. The number of hydrogen-bond donors (Lipinski definition) is 0. The highest BCUT2D eigenvalue weighted by Gasteiger charge is 2.04. The minimum absolute atomic E-state index is 0.935. The van der Waals surface area contributed by atoms with E-state index in [1.54, 1.807) is 0 Å². The van der Waals surface area contributed by atoms with Crippen molar-refractivity contribution in [2.45, 2.75) is 13.8 Å². The van der Waals surface area contributed by atoms with E-state index in [-0.39, 0.29) is 0 Å². The maximum absolute atomic E-state index is 4.52. The highest BCUT2D eigenvalue weighted by atomic mass is 15.1. The van der Waals surface area contributed by atoms with Crippen LogP contribution >= 0.6 is 0 Å². The fraction of sp³-hybridized carbons (Fsp3) is 0.167. The summed E-state index contributed by atoms with van der Waals surface area (Å²) in [6.45, 7) is 4.06. The average molecular weight is 197 g/mol. The Kier molecular flexibility index (Phi) is 1.57. The molecule has 0 saturated heterocycles. The van der Waals surface area contributed by atoms with E-state index in [2.05, 4.69) is 29.0 Å². The molecule has 3 heterocycles. The third-order valence-electron chi connectivity index (χ3n) is 2.55. The van der Waals surface area contributed by atoms with E-state index < -0.39 is 0 Å². The second-order valence-corrected chi connectivity index (χ2v) is 3.84. The van der Waals surface area contributed by atoms with Gasteiger partial charge < -0.3 is 0 Å². The number of pyridine rings is 2. The molecule has 0 radical (unpaired) electrons. The molecule has 3 rings (SSSR count). The van der Waals surface area contributed by atoms with E-state index in [0.29, 0.717) is 0 Å². The van der Waals surface area contributed by atoms with Gasteiger partial charge in [0.1, 0.15) is 11.2 Å². The largest absolute Gasteiger partial charge is 0.284 e. The van der Waals surface area contributed by atoms with Crippen LogP contribution in [0.1, 0.15) is 11.3 Å². The lowest BCUT2D eigenvalue weighted by Crippen LogP contribution is -1.88. The average Bonchev–Trinajstić information content (AvgIpc) is 2.54. The van der Waals surface area contributed by atoms with Gasteiger partial charge in [-0.05, 0) is 43.7 Å². The molecule has 0 aliphatic carbocycles. The van der Waals surface area contributed by atoms with E-state index in [9.17, 15) is 0 Å². The highest BCUT2D eigenvalue weighted by molar-refractivity contribution is 5.76. The molecule has 3 aromatic rings. The molecule has 0 aromatic carbocycles. The molecule has 3 aromatic heterocycles. The van der Waals surface area contributed by atoms with Gasteiger partial charge in [-0.25, -0.2) is 9.97 Å². The molecule has 3 nitrogen and oxygen atoms in total. The van der Waals surface area contributed by atoms with Crippen LogP contribution in [-0.2, 0) is 0 Å². The van der Waals surface area contributed by atoms with E-state index in [0.717, 1.165) is 22.5 Å². The van der Waals surface area contributed by atoms with Crippen molar-refractivity contribution in [1.82, 2.24) is 14.4 Å². The van der Waals surface area contributed by atoms with Crippen LogP contribution < -0.4 is 0 Å². The zero-order chi connectivity index (χ0) is 10.4. The summed E-state index contributed by atoms with van der Waals surface area (Å²) in [6, 6.07) is 8.14. The lowest BCUT2D eigenvalue weighted by molar-refractivity contribution is 1.14. The lowest BCUT2D eigenvalue weighted by Gasteiger charge is -1.96. The van der Waals surface area contributed by atoms with Crippen molar-refractivity contribution in [2.75, 3.05) is 0 Å². The van der Waals surface area contributed by atoms with Crippen molar-refractivity contribution in [1.29, 1.82) is 0 Å². The fourth-order valence-corrected chi connectivity index (χ4v) is 1.78. The third kappa shape index (κ3) is 1.20. The zero-order valence-electron chi connectivity index (χ0n) is 8.73.